The Morgan fingerprint density at radius 2 is 1.75 bits per heavy atom. The fourth-order valence-electron chi connectivity index (χ4n) is 1.07. The zero-order valence-corrected chi connectivity index (χ0v) is 9.72. The minimum absolute atomic E-state index is 0.266. The lowest BCUT2D eigenvalue weighted by Crippen LogP contribution is -1.91. The molecule has 16 heavy (non-hydrogen) atoms. The van der Waals surface area contributed by atoms with E-state index in [9.17, 15) is 4.79 Å². The topological polar surface area (TPSA) is 52.1 Å². The highest BCUT2D eigenvalue weighted by Gasteiger charge is 1.99. The summed E-state index contributed by atoms with van der Waals surface area (Å²) < 4.78 is 6.16. The minimum atomic E-state index is 0.266. The van der Waals surface area contributed by atoms with Crippen LogP contribution in [0.2, 0.25) is 0 Å². The predicted octanol–water partition coefficient (Wildman–Crippen LogP) is 2.84. The molecule has 1 aromatic heterocycles. The normalized spacial score (nSPS) is 9.81. The molecule has 0 amide bonds. The SMILES string of the molecule is O=Cc1ccc(Oc2ncc(Br)cn2)cc1. The molecule has 1 aromatic carbocycles. The van der Waals surface area contributed by atoms with Crippen molar-refractivity contribution in [2.45, 2.75) is 0 Å². The Morgan fingerprint density at radius 3 is 2.31 bits per heavy atom. The third-order valence-corrected chi connectivity index (χ3v) is 2.23. The summed E-state index contributed by atoms with van der Waals surface area (Å²) in [6.07, 6.45) is 3.98. The van der Waals surface area contributed by atoms with Crippen LogP contribution in [0.5, 0.6) is 11.8 Å². The standard InChI is InChI=1S/C11H7BrN2O2/c12-9-5-13-11(14-6-9)16-10-3-1-8(7-15)2-4-10/h1-7H. The van der Waals surface area contributed by atoms with Gasteiger partial charge >= 0.3 is 6.01 Å². The van der Waals surface area contributed by atoms with Crippen molar-refractivity contribution in [3.05, 3.63) is 46.7 Å². The lowest BCUT2D eigenvalue weighted by molar-refractivity contribution is 0.112. The number of aromatic nitrogens is 2. The van der Waals surface area contributed by atoms with Gasteiger partial charge in [-0.25, -0.2) is 9.97 Å². The number of carbonyl (C=O) groups excluding carboxylic acids is 1. The molecule has 0 fully saturated rings. The van der Waals surface area contributed by atoms with Crippen LogP contribution in [0.4, 0.5) is 0 Å². The lowest BCUT2D eigenvalue weighted by atomic mass is 10.2. The van der Waals surface area contributed by atoms with E-state index in [1.165, 1.54) is 0 Å². The van der Waals surface area contributed by atoms with E-state index in [0.29, 0.717) is 11.3 Å². The summed E-state index contributed by atoms with van der Waals surface area (Å²) in [6, 6.07) is 6.98. The molecule has 0 N–H and O–H groups in total. The Kier molecular flexibility index (Phi) is 3.26. The van der Waals surface area contributed by atoms with Gasteiger partial charge in [0.2, 0.25) is 0 Å². The van der Waals surface area contributed by atoms with Crippen molar-refractivity contribution in [2.24, 2.45) is 0 Å². The van der Waals surface area contributed by atoms with Crippen molar-refractivity contribution in [1.82, 2.24) is 9.97 Å². The van der Waals surface area contributed by atoms with Crippen LogP contribution < -0.4 is 4.74 Å². The summed E-state index contributed by atoms with van der Waals surface area (Å²) >= 11 is 3.23. The van der Waals surface area contributed by atoms with Gasteiger partial charge in [0.1, 0.15) is 12.0 Å². The zero-order chi connectivity index (χ0) is 11.4. The average Bonchev–Trinajstić information content (AvgIpc) is 2.33. The number of halogens is 1. The van der Waals surface area contributed by atoms with Crippen LogP contribution in [-0.4, -0.2) is 16.3 Å². The smallest absolute Gasteiger partial charge is 0.321 e. The van der Waals surface area contributed by atoms with E-state index in [0.717, 1.165) is 10.8 Å². The van der Waals surface area contributed by atoms with Gasteiger partial charge in [-0.2, -0.15) is 0 Å². The molecule has 1 heterocycles. The molecule has 0 aliphatic carbocycles. The summed E-state index contributed by atoms with van der Waals surface area (Å²) in [6.45, 7) is 0. The second-order valence-corrected chi connectivity index (χ2v) is 3.89. The van der Waals surface area contributed by atoms with E-state index in [4.69, 9.17) is 4.74 Å². The lowest BCUT2D eigenvalue weighted by Gasteiger charge is -2.02. The fourth-order valence-corrected chi connectivity index (χ4v) is 1.28. The Hall–Kier alpha value is -1.75. The van der Waals surface area contributed by atoms with Crippen molar-refractivity contribution in [3.63, 3.8) is 0 Å². The maximum atomic E-state index is 10.4. The molecule has 0 spiro atoms. The molecule has 2 rings (SSSR count). The molecule has 0 aliphatic rings. The predicted molar refractivity (Wildman–Crippen MR) is 61.6 cm³/mol. The summed E-state index contributed by atoms with van der Waals surface area (Å²) in [4.78, 5) is 18.4. The van der Waals surface area contributed by atoms with Crippen LogP contribution in [0.25, 0.3) is 0 Å². The van der Waals surface area contributed by atoms with Crippen molar-refractivity contribution in [2.75, 3.05) is 0 Å². The number of rotatable bonds is 3. The van der Waals surface area contributed by atoms with Gasteiger partial charge in [0.25, 0.3) is 0 Å². The van der Waals surface area contributed by atoms with Crippen molar-refractivity contribution in [1.29, 1.82) is 0 Å². The number of carbonyl (C=O) groups is 1. The highest BCUT2D eigenvalue weighted by molar-refractivity contribution is 9.10. The number of nitrogens with zero attached hydrogens (tertiary/aromatic N) is 2. The molecule has 0 bridgehead atoms. The van der Waals surface area contributed by atoms with Crippen LogP contribution >= 0.6 is 15.9 Å². The largest absolute Gasteiger partial charge is 0.424 e. The number of hydrogen-bond donors (Lipinski definition) is 0. The highest BCUT2D eigenvalue weighted by atomic mass is 79.9. The van der Waals surface area contributed by atoms with E-state index in [-0.39, 0.29) is 6.01 Å². The number of ether oxygens (including phenoxy) is 1. The molecule has 2 aromatic rings. The van der Waals surface area contributed by atoms with E-state index in [2.05, 4.69) is 25.9 Å². The van der Waals surface area contributed by atoms with Gasteiger partial charge < -0.3 is 4.74 Å². The van der Waals surface area contributed by atoms with E-state index in [1.807, 2.05) is 0 Å². The molecule has 0 atom stereocenters. The number of aldehydes is 1. The Bertz CT molecular complexity index is 482. The molecule has 5 heteroatoms. The maximum Gasteiger partial charge on any atom is 0.321 e. The first-order chi connectivity index (χ1) is 7.78. The Morgan fingerprint density at radius 1 is 1.12 bits per heavy atom. The average molecular weight is 279 g/mol. The van der Waals surface area contributed by atoms with Gasteiger partial charge in [-0.15, -0.1) is 0 Å². The Balaban J connectivity index is 2.14. The summed E-state index contributed by atoms with van der Waals surface area (Å²) in [5.74, 6) is 0.591. The maximum absolute atomic E-state index is 10.4. The van der Waals surface area contributed by atoms with Gasteiger partial charge in [0.05, 0.1) is 4.47 Å². The molecule has 0 unspecified atom stereocenters. The highest BCUT2D eigenvalue weighted by Crippen LogP contribution is 2.18. The van der Waals surface area contributed by atoms with Crippen molar-refractivity contribution < 1.29 is 9.53 Å². The molecule has 0 saturated heterocycles. The van der Waals surface area contributed by atoms with Crippen molar-refractivity contribution in [3.8, 4) is 11.8 Å². The van der Waals surface area contributed by atoms with Crippen LogP contribution in [0.1, 0.15) is 10.4 Å². The van der Waals surface area contributed by atoms with Gasteiger partial charge in [0.15, 0.2) is 0 Å². The van der Waals surface area contributed by atoms with Crippen LogP contribution in [0.15, 0.2) is 41.1 Å². The third-order valence-electron chi connectivity index (χ3n) is 1.82. The van der Waals surface area contributed by atoms with Crippen LogP contribution in [0, 0.1) is 0 Å². The minimum Gasteiger partial charge on any atom is -0.424 e. The fraction of sp³-hybridized carbons (Fsp3) is 0. The first-order valence-electron chi connectivity index (χ1n) is 4.48. The summed E-state index contributed by atoms with van der Waals surface area (Å²) in [7, 11) is 0. The van der Waals surface area contributed by atoms with E-state index >= 15 is 0 Å². The quantitative estimate of drug-likeness (QED) is 0.811. The third kappa shape index (κ3) is 2.64. The second-order valence-electron chi connectivity index (χ2n) is 2.97. The summed E-state index contributed by atoms with van der Waals surface area (Å²) in [5, 5.41) is 0. The molecule has 80 valence electrons. The summed E-state index contributed by atoms with van der Waals surface area (Å²) in [5.41, 5.74) is 0.601. The van der Waals surface area contributed by atoms with Gasteiger partial charge in [-0.05, 0) is 40.2 Å². The first kappa shape index (κ1) is 10.8. The first-order valence-corrected chi connectivity index (χ1v) is 5.28. The van der Waals surface area contributed by atoms with Crippen LogP contribution in [0.3, 0.4) is 0 Å². The van der Waals surface area contributed by atoms with Crippen LogP contribution in [-0.2, 0) is 0 Å². The van der Waals surface area contributed by atoms with Crippen molar-refractivity contribution >= 4 is 22.2 Å². The van der Waals surface area contributed by atoms with E-state index in [1.54, 1.807) is 36.7 Å². The molecular weight excluding hydrogens is 272 g/mol. The number of hydrogen-bond acceptors (Lipinski definition) is 4. The molecule has 0 aliphatic heterocycles. The Labute approximate surface area is 100 Å². The molecular formula is C11H7BrN2O2. The van der Waals surface area contributed by atoms with E-state index < -0.39 is 0 Å². The van der Waals surface area contributed by atoms with Gasteiger partial charge in [0, 0.05) is 18.0 Å². The van der Waals surface area contributed by atoms with Gasteiger partial charge in [-0.1, -0.05) is 0 Å². The number of benzene rings is 1. The zero-order valence-electron chi connectivity index (χ0n) is 8.13. The molecule has 0 saturated carbocycles. The molecule has 4 nitrogen and oxygen atoms in total. The second kappa shape index (κ2) is 4.85. The molecule has 0 radical (unpaired) electrons. The van der Waals surface area contributed by atoms with Gasteiger partial charge in [-0.3, -0.25) is 4.79 Å². The monoisotopic (exact) mass is 278 g/mol.